The third-order valence-corrected chi connectivity index (χ3v) is 4.61. The number of amides is 1. The van der Waals surface area contributed by atoms with Gasteiger partial charge in [0, 0.05) is 4.88 Å². The molecule has 1 saturated heterocycles. The highest BCUT2D eigenvalue weighted by atomic mass is 35.5. The molecular weight excluding hydrogens is 256 g/mol. The lowest BCUT2D eigenvalue weighted by Gasteiger charge is -2.19. The first kappa shape index (κ1) is 12.9. The van der Waals surface area contributed by atoms with Crippen molar-refractivity contribution >= 4 is 28.8 Å². The quantitative estimate of drug-likeness (QED) is 0.888. The fourth-order valence-electron chi connectivity index (χ4n) is 2.12. The van der Waals surface area contributed by atoms with E-state index in [-0.39, 0.29) is 18.0 Å². The zero-order chi connectivity index (χ0) is 12.4. The highest BCUT2D eigenvalue weighted by Gasteiger charge is 2.30. The molecule has 1 amide bonds. The van der Waals surface area contributed by atoms with Crippen molar-refractivity contribution in [2.45, 2.75) is 32.4 Å². The van der Waals surface area contributed by atoms with Gasteiger partial charge in [0.25, 0.3) is 0 Å². The molecule has 0 aliphatic carbocycles. The third kappa shape index (κ3) is 3.00. The van der Waals surface area contributed by atoms with Gasteiger partial charge in [-0.15, -0.1) is 11.3 Å². The van der Waals surface area contributed by atoms with Gasteiger partial charge in [-0.2, -0.15) is 0 Å². The number of nitrogens with one attached hydrogen (secondary N) is 2. The van der Waals surface area contributed by atoms with E-state index in [0.717, 1.165) is 22.2 Å². The summed E-state index contributed by atoms with van der Waals surface area (Å²) >= 11 is 7.40. The minimum Gasteiger partial charge on any atom is -0.347 e. The van der Waals surface area contributed by atoms with E-state index in [1.807, 2.05) is 19.1 Å². The number of rotatable bonds is 3. The van der Waals surface area contributed by atoms with Crippen LogP contribution in [-0.4, -0.2) is 18.5 Å². The maximum atomic E-state index is 12.0. The topological polar surface area (TPSA) is 41.1 Å². The second-order valence-corrected chi connectivity index (χ2v) is 6.32. The van der Waals surface area contributed by atoms with Crippen LogP contribution in [0.5, 0.6) is 0 Å². The highest BCUT2D eigenvalue weighted by Crippen LogP contribution is 2.27. The second kappa shape index (κ2) is 5.38. The number of carbonyl (C=O) groups excluding carboxylic acids is 1. The molecule has 1 aliphatic rings. The number of carbonyl (C=O) groups is 1. The van der Waals surface area contributed by atoms with Gasteiger partial charge >= 0.3 is 0 Å². The van der Waals surface area contributed by atoms with Crippen LogP contribution in [0, 0.1) is 5.92 Å². The van der Waals surface area contributed by atoms with E-state index in [9.17, 15) is 4.79 Å². The Morgan fingerprint density at radius 3 is 2.94 bits per heavy atom. The van der Waals surface area contributed by atoms with Crippen LogP contribution in [0.3, 0.4) is 0 Å². The van der Waals surface area contributed by atoms with Gasteiger partial charge in [0.15, 0.2) is 0 Å². The van der Waals surface area contributed by atoms with E-state index in [1.165, 1.54) is 11.3 Å². The summed E-state index contributed by atoms with van der Waals surface area (Å²) in [5.74, 6) is 0.501. The van der Waals surface area contributed by atoms with E-state index in [4.69, 9.17) is 11.6 Å². The van der Waals surface area contributed by atoms with Gasteiger partial charge in [-0.1, -0.05) is 18.5 Å². The molecule has 2 rings (SSSR count). The molecule has 0 aromatic carbocycles. The number of halogens is 1. The Labute approximate surface area is 111 Å². The fourth-order valence-corrected chi connectivity index (χ4v) is 3.18. The zero-order valence-electron chi connectivity index (χ0n) is 10.00. The van der Waals surface area contributed by atoms with Crippen LogP contribution in [0.1, 0.15) is 31.2 Å². The predicted molar refractivity (Wildman–Crippen MR) is 71.5 cm³/mol. The molecule has 2 N–H and O–H groups in total. The van der Waals surface area contributed by atoms with Crippen LogP contribution >= 0.6 is 22.9 Å². The van der Waals surface area contributed by atoms with E-state index < -0.39 is 0 Å². The summed E-state index contributed by atoms with van der Waals surface area (Å²) < 4.78 is 0.758. The Morgan fingerprint density at radius 2 is 2.41 bits per heavy atom. The van der Waals surface area contributed by atoms with Crippen molar-refractivity contribution in [1.29, 1.82) is 0 Å². The Bertz CT molecular complexity index is 407. The molecule has 1 aromatic heterocycles. The molecule has 1 aromatic rings. The van der Waals surface area contributed by atoms with Gasteiger partial charge in [0.05, 0.1) is 16.4 Å². The van der Waals surface area contributed by atoms with Crippen LogP contribution in [0.25, 0.3) is 0 Å². The van der Waals surface area contributed by atoms with E-state index in [1.54, 1.807) is 0 Å². The summed E-state index contributed by atoms with van der Waals surface area (Å²) in [6, 6.07) is 3.80. The van der Waals surface area contributed by atoms with Crippen LogP contribution in [-0.2, 0) is 4.79 Å². The molecule has 0 bridgehead atoms. The number of hydrogen-bond acceptors (Lipinski definition) is 3. The van der Waals surface area contributed by atoms with Crippen molar-refractivity contribution in [3.63, 3.8) is 0 Å². The average molecular weight is 273 g/mol. The summed E-state index contributed by atoms with van der Waals surface area (Å²) in [6.07, 6.45) is 1.07. The molecular formula is C12H17ClN2OS. The van der Waals surface area contributed by atoms with Crippen LogP contribution in [0.4, 0.5) is 0 Å². The van der Waals surface area contributed by atoms with Crippen molar-refractivity contribution in [1.82, 2.24) is 10.6 Å². The second-order valence-electron chi connectivity index (χ2n) is 4.57. The van der Waals surface area contributed by atoms with Crippen molar-refractivity contribution in [2.24, 2.45) is 5.92 Å². The Morgan fingerprint density at radius 1 is 1.65 bits per heavy atom. The molecule has 3 unspecified atom stereocenters. The minimum atomic E-state index is -0.0483. The van der Waals surface area contributed by atoms with Gasteiger partial charge in [-0.05, 0) is 37.9 Å². The SMILES string of the molecule is CC(NC(=O)C1NCCC1C)c1ccc(Cl)s1. The Balaban J connectivity index is 1.94. The molecule has 17 heavy (non-hydrogen) atoms. The third-order valence-electron chi connectivity index (χ3n) is 3.19. The van der Waals surface area contributed by atoms with Crippen molar-refractivity contribution in [3.8, 4) is 0 Å². The smallest absolute Gasteiger partial charge is 0.237 e. The summed E-state index contributed by atoms with van der Waals surface area (Å²) in [7, 11) is 0. The van der Waals surface area contributed by atoms with Crippen molar-refractivity contribution < 1.29 is 4.79 Å². The van der Waals surface area contributed by atoms with Gasteiger partial charge in [-0.3, -0.25) is 4.79 Å². The normalized spacial score (nSPS) is 25.8. The summed E-state index contributed by atoms with van der Waals surface area (Å²) in [4.78, 5) is 13.1. The van der Waals surface area contributed by atoms with Gasteiger partial charge in [0.1, 0.15) is 0 Å². The number of hydrogen-bond donors (Lipinski definition) is 2. The van der Waals surface area contributed by atoms with E-state index in [0.29, 0.717) is 5.92 Å². The van der Waals surface area contributed by atoms with E-state index >= 15 is 0 Å². The summed E-state index contributed by atoms with van der Waals surface area (Å²) in [6.45, 7) is 5.02. The molecule has 94 valence electrons. The highest BCUT2D eigenvalue weighted by molar-refractivity contribution is 7.16. The number of thiophene rings is 1. The zero-order valence-corrected chi connectivity index (χ0v) is 11.6. The molecule has 0 radical (unpaired) electrons. The van der Waals surface area contributed by atoms with Crippen molar-refractivity contribution in [2.75, 3.05) is 6.54 Å². The lowest BCUT2D eigenvalue weighted by molar-refractivity contribution is -0.124. The molecule has 0 saturated carbocycles. The minimum absolute atomic E-state index is 0.0228. The monoisotopic (exact) mass is 272 g/mol. The Kier molecular flexibility index (Phi) is 4.07. The molecule has 5 heteroatoms. The van der Waals surface area contributed by atoms with Crippen molar-refractivity contribution in [3.05, 3.63) is 21.3 Å². The predicted octanol–water partition coefficient (Wildman–Crippen LogP) is 2.58. The van der Waals surface area contributed by atoms with Crippen LogP contribution in [0.2, 0.25) is 4.34 Å². The summed E-state index contributed by atoms with van der Waals surface area (Å²) in [5, 5.41) is 6.27. The van der Waals surface area contributed by atoms with Crippen LogP contribution in [0.15, 0.2) is 12.1 Å². The fraction of sp³-hybridized carbons (Fsp3) is 0.583. The average Bonchev–Trinajstić information content (AvgIpc) is 2.86. The molecule has 3 atom stereocenters. The van der Waals surface area contributed by atoms with Crippen LogP contribution < -0.4 is 10.6 Å². The molecule has 1 fully saturated rings. The first-order valence-corrected chi connectivity index (χ1v) is 7.06. The lowest BCUT2D eigenvalue weighted by atomic mass is 10.0. The van der Waals surface area contributed by atoms with Gasteiger partial charge in [-0.25, -0.2) is 0 Å². The molecule has 2 heterocycles. The Hall–Kier alpha value is -0.580. The molecule has 1 aliphatic heterocycles. The summed E-state index contributed by atoms with van der Waals surface area (Å²) in [5.41, 5.74) is 0. The first-order chi connectivity index (χ1) is 8.08. The standard InChI is InChI=1S/C12H17ClN2OS/c1-7-5-6-14-11(7)12(16)15-8(2)9-3-4-10(13)17-9/h3-4,7-8,11,14H,5-6H2,1-2H3,(H,15,16). The first-order valence-electron chi connectivity index (χ1n) is 5.87. The molecule has 0 spiro atoms. The lowest BCUT2D eigenvalue weighted by Crippen LogP contribution is -2.43. The molecule has 3 nitrogen and oxygen atoms in total. The maximum absolute atomic E-state index is 12.0. The van der Waals surface area contributed by atoms with Gasteiger partial charge < -0.3 is 10.6 Å². The maximum Gasteiger partial charge on any atom is 0.237 e. The van der Waals surface area contributed by atoms with E-state index in [2.05, 4.69) is 17.6 Å². The van der Waals surface area contributed by atoms with Gasteiger partial charge in [0.2, 0.25) is 5.91 Å². The largest absolute Gasteiger partial charge is 0.347 e.